The van der Waals surface area contributed by atoms with Crippen LogP contribution in [0.5, 0.6) is 17.2 Å². The van der Waals surface area contributed by atoms with Gasteiger partial charge in [0.15, 0.2) is 11.5 Å². The lowest BCUT2D eigenvalue weighted by molar-refractivity contribution is 0.302. The van der Waals surface area contributed by atoms with Crippen LogP contribution in [0.25, 0.3) is 0 Å². The quantitative estimate of drug-likeness (QED) is 0.857. The van der Waals surface area contributed by atoms with Crippen molar-refractivity contribution in [3.8, 4) is 17.2 Å². The van der Waals surface area contributed by atoms with Crippen LogP contribution in [0.1, 0.15) is 5.56 Å². The van der Waals surface area contributed by atoms with Gasteiger partial charge in [-0.2, -0.15) is 0 Å². The van der Waals surface area contributed by atoms with Crippen molar-refractivity contribution in [2.45, 2.75) is 6.61 Å². The van der Waals surface area contributed by atoms with Crippen molar-refractivity contribution < 1.29 is 14.2 Å². The van der Waals surface area contributed by atoms with E-state index >= 15 is 0 Å². The van der Waals surface area contributed by atoms with Gasteiger partial charge in [-0.3, -0.25) is 0 Å². The van der Waals surface area contributed by atoms with Crippen LogP contribution < -0.4 is 19.9 Å². The molecular formula is C15H16ClNO3. The molecule has 2 aromatic rings. The Kier molecular flexibility index (Phi) is 4.58. The molecule has 0 aliphatic carbocycles. The molecule has 4 nitrogen and oxygen atoms in total. The first-order valence-electron chi connectivity index (χ1n) is 6.02. The molecular weight excluding hydrogens is 278 g/mol. The number of methoxy groups -OCH3 is 2. The molecule has 0 saturated carbocycles. The number of nitrogen functional groups attached to an aromatic ring is 1. The Bertz CT molecular complexity index is 584. The van der Waals surface area contributed by atoms with Crippen LogP contribution in [0.15, 0.2) is 36.4 Å². The number of hydrogen-bond acceptors (Lipinski definition) is 4. The minimum Gasteiger partial charge on any atom is -0.493 e. The van der Waals surface area contributed by atoms with Crippen LogP contribution in [0.2, 0.25) is 5.02 Å². The molecule has 0 atom stereocenters. The maximum Gasteiger partial charge on any atom is 0.164 e. The van der Waals surface area contributed by atoms with Gasteiger partial charge in [0.2, 0.25) is 0 Å². The van der Waals surface area contributed by atoms with Crippen molar-refractivity contribution in [1.29, 1.82) is 0 Å². The second kappa shape index (κ2) is 6.39. The lowest BCUT2D eigenvalue weighted by atomic mass is 10.2. The highest BCUT2D eigenvalue weighted by Crippen LogP contribution is 2.36. The third kappa shape index (κ3) is 3.27. The third-order valence-electron chi connectivity index (χ3n) is 2.82. The number of ether oxygens (including phenoxy) is 3. The lowest BCUT2D eigenvalue weighted by Gasteiger charge is -2.13. The lowest BCUT2D eigenvalue weighted by Crippen LogP contribution is -2.00. The molecule has 5 heteroatoms. The summed E-state index contributed by atoms with van der Waals surface area (Å²) in [5.41, 5.74) is 7.43. The summed E-state index contributed by atoms with van der Waals surface area (Å²) >= 11 is 5.84. The topological polar surface area (TPSA) is 53.7 Å². The highest BCUT2D eigenvalue weighted by Gasteiger charge is 2.10. The summed E-state index contributed by atoms with van der Waals surface area (Å²) in [6, 6.07) is 10.8. The number of benzene rings is 2. The monoisotopic (exact) mass is 293 g/mol. The van der Waals surface area contributed by atoms with E-state index in [1.54, 1.807) is 26.4 Å². The number of rotatable bonds is 5. The average molecular weight is 294 g/mol. The molecule has 2 rings (SSSR count). The molecule has 0 aromatic heterocycles. The molecule has 0 fully saturated rings. The van der Waals surface area contributed by atoms with Crippen molar-refractivity contribution in [3.05, 3.63) is 47.0 Å². The average Bonchev–Trinajstić information content (AvgIpc) is 2.47. The van der Waals surface area contributed by atoms with Gasteiger partial charge in [0.05, 0.1) is 19.9 Å². The zero-order valence-corrected chi connectivity index (χ0v) is 12.1. The van der Waals surface area contributed by atoms with Crippen molar-refractivity contribution in [2.75, 3.05) is 20.0 Å². The summed E-state index contributed by atoms with van der Waals surface area (Å²) in [7, 11) is 3.13. The van der Waals surface area contributed by atoms with Gasteiger partial charge < -0.3 is 19.9 Å². The Hall–Kier alpha value is -2.07. The maximum absolute atomic E-state index is 5.93. The molecule has 106 valence electrons. The number of nitrogens with two attached hydrogens (primary N) is 1. The van der Waals surface area contributed by atoms with E-state index in [1.807, 2.05) is 24.3 Å². The highest BCUT2D eigenvalue weighted by atomic mass is 35.5. The molecule has 0 heterocycles. The fourth-order valence-electron chi connectivity index (χ4n) is 1.74. The predicted octanol–water partition coefficient (Wildman–Crippen LogP) is 3.52. The standard InChI is InChI=1S/C15H16ClNO3/c1-18-14-7-12(17)13(8-15(14)19-2)20-9-10-3-5-11(16)6-4-10/h3-8H,9,17H2,1-2H3. The molecule has 0 unspecified atom stereocenters. The highest BCUT2D eigenvalue weighted by molar-refractivity contribution is 6.30. The number of halogens is 1. The van der Waals surface area contributed by atoms with Gasteiger partial charge in [-0.15, -0.1) is 0 Å². The minimum absolute atomic E-state index is 0.400. The van der Waals surface area contributed by atoms with E-state index in [-0.39, 0.29) is 0 Å². The van der Waals surface area contributed by atoms with Crippen LogP contribution in [0.3, 0.4) is 0 Å². The summed E-state index contributed by atoms with van der Waals surface area (Å²) in [5, 5.41) is 0.694. The zero-order valence-electron chi connectivity index (χ0n) is 11.4. The van der Waals surface area contributed by atoms with Crippen molar-refractivity contribution in [3.63, 3.8) is 0 Å². The van der Waals surface area contributed by atoms with Gasteiger partial charge >= 0.3 is 0 Å². The predicted molar refractivity (Wildman–Crippen MR) is 79.7 cm³/mol. The summed E-state index contributed by atoms with van der Waals surface area (Å²) in [5.74, 6) is 1.70. The molecule has 0 spiro atoms. The summed E-state index contributed by atoms with van der Waals surface area (Å²) < 4.78 is 16.1. The SMILES string of the molecule is COc1cc(N)c(OCc2ccc(Cl)cc2)cc1OC. The molecule has 2 N–H and O–H groups in total. The normalized spacial score (nSPS) is 10.2. The van der Waals surface area contributed by atoms with Gasteiger partial charge in [0.1, 0.15) is 12.4 Å². The summed E-state index contributed by atoms with van der Waals surface area (Å²) in [4.78, 5) is 0. The van der Waals surface area contributed by atoms with E-state index in [1.165, 1.54) is 0 Å². The van der Waals surface area contributed by atoms with Gasteiger partial charge in [-0.1, -0.05) is 23.7 Å². The van der Waals surface area contributed by atoms with Crippen LogP contribution in [0, 0.1) is 0 Å². The Balaban J connectivity index is 2.14. The summed E-state index contributed by atoms with van der Waals surface area (Å²) in [6.45, 7) is 0.400. The summed E-state index contributed by atoms with van der Waals surface area (Å²) in [6.07, 6.45) is 0. The molecule has 0 bridgehead atoms. The van der Waals surface area contributed by atoms with Crippen LogP contribution in [0.4, 0.5) is 5.69 Å². The van der Waals surface area contributed by atoms with Crippen molar-refractivity contribution in [2.24, 2.45) is 0 Å². The maximum atomic E-state index is 5.93. The van der Waals surface area contributed by atoms with Gasteiger partial charge in [-0.05, 0) is 17.7 Å². The second-order valence-corrected chi connectivity index (χ2v) is 4.60. The van der Waals surface area contributed by atoms with Crippen LogP contribution >= 0.6 is 11.6 Å². The van der Waals surface area contributed by atoms with E-state index in [2.05, 4.69) is 0 Å². The fourth-order valence-corrected chi connectivity index (χ4v) is 1.87. The van der Waals surface area contributed by atoms with Crippen LogP contribution in [-0.4, -0.2) is 14.2 Å². The van der Waals surface area contributed by atoms with E-state index in [0.29, 0.717) is 34.6 Å². The smallest absolute Gasteiger partial charge is 0.164 e. The van der Waals surface area contributed by atoms with E-state index in [4.69, 9.17) is 31.5 Å². The first-order chi connectivity index (χ1) is 9.63. The van der Waals surface area contributed by atoms with E-state index in [0.717, 1.165) is 5.56 Å². The van der Waals surface area contributed by atoms with Gasteiger partial charge in [-0.25, -0.2) is 0 Å². The van der Waals surface area contributed by atoms with Gasteiger partial charge in [0.25, 0.3) is 0 Å². The Morgan fingerprint density at radius 1 is 0.950 bits per heavy atom. The Morgan fingerprint density at radius 2 is 1.55 bits per heavy atom. The first kappa shape index (κ1) is 14.3. The van der Waals surface area contributed by atoms with E-state index < -0.39 is 0 Å². The molecule has 0 aliphatic rings. The Labute approximate surface area is 123 Å². The minimum atomic E-state index is 0.400. The van der Waals surface area contributed by atoms with Crippen molar-refractivity contribution in [1.82, 2.24) is 0 Å². The number of hydrogen-bond donors (Lipinski definition) is 1. The molecule has 0 saturated heterocycles. The largest absolute Gasteiger partial charge is 0.493 e. The molecule has 0 radical (unpaired) electrons. The van der Waals surface area contributed by atoms with E-state index in [9.17, 15) is 0 Å². The van der Waals surface area contributed by atoms with Gasteiger partial charge in [0, 0.05) is 17.2 Å². The molecule has 0 aliphatic heterocycles. The zero-order chi connectivity index (χ0) is 14.5. The van der Waals surface area contributed by atoms with Crippen LogP contribution in [-0.2, 0) is 6.61 Å². The molecule has 2 aromatic carbocycles. The Morgan fingerprint density at radius 3 is 2.15 bits per heavy atom. The number of anilines is 1. The van der Waals surface area contributed by atoms with Crippen molar-refractivity contribution >= 4 is 17.3 Å². The fraction of sp³-hybridized carbons (Fsp3) is 0.200. The first-order valence-corrected chi connectivity index (χ1v) is 6.40. The molecule has 0 amide bonds. The second-order valence-electron chi connectivity index (χ2n) is 4.16. The third-order valence-corrected chi connectivity index (χ3v) is 3.08. The molecule has 20 heavy (non-hydrogen) atoms.